The number of halogens is 2. The Bertz CT molecular complexity index is 622. The van der Waals surface area contributed by atoms with Crippen LogP contribution in [0.15, 0.2) is 17.0 Å². The van der Waals surface area contributed by atoms with Crippen LogP contribution in [0.4, 0.5) is 14.5 Å². The third-order valence-corrected chi connectivity index (χ3v) is 5.41. The van der Waals surface area contributed by atoms with Crippen LogP contribution in [-0.2, 0) is 10.0 Å². The second-order valence-corrected chi connectivity index (χ2v) is 6.99. The van der Waals surface area contributed by atoms with Crippen LogP contribution < -0.4 is 10.5 Å². The number of benzene rings is 1. The molecule has 0 heterocycles. The Morgan fingerprint density at radius 2 is 1.95 bits per heavy atom. The number of nitrogens with two attached hydrogens (primary N) is 1. The van der Waals surface area contributed by atoms with Gasteiger partial charge in [-0.15, -0.1) is 0 Å². The largest absolute Gasteiger partial charge is 0.396 e. The molecule has 0 aromatic heterocycles. The summed E-state index contributed by atoms with van der Waals surface area (Å²) in [6.07, 6.45) is 2.58. The number of sulfonamides is 1. The lowest BCUT2D eigenvalue weighted by atomic mass is 9.97. The van der Waals surface area contributed by atoms with Crippen molar-refractivity contribution in [3.05, 3.63) is 23.8 Å². The summed E-state index contributed by atoms with van der Waals surface area (Å²) in [4.78, 5) is -0.667. The molecule has 21 heavy (non-hydrogen) atoms. The standard InChI is InChI=1S/C13H18F2N2O3S/c14-10-4-5-11(12(15)13(10)16)21(19,20)17-6-8-2-1-3-9(8)7-18/h4-5,8-9,17-18H,1-3,6-7,16H2. The van der Waals surface area contributed by atoms with Gasteiger partial charge in [-0.05, 0) is 36.8 Å². The van der Waals surface area contributed by atoms with E-state index in [1.165, 1.54) is 0 Å². The molecule has 2 atom stereocenters. The lowest BCUT2D eigenvalue weighted by molar-refractivity contribution is 0.195. The summed E-state index contributed by atoms with van der Waals surface area (Å²) in [7, 11) is -4.10. The normalized spacial score (nSPS) is 22.6. The summed E-state index contributed by atoms with van der Waals surface area (Å²) in [5, 5.41) is 9.20. The molecule has 2 rings (SSSR count). The van der Waals surface area contributed by atoms with Gasteiger partial charge in [0.25, 0.3) is 0 Å². The first-order valence-corrected chi connectivity index (χ1v) is 8.19. The number of nitrogen functional groups attached to an aromatic ring is 1. The number of hydrogen-bond donors (Lipinski definition) is 3. The van der Waals surface area contributed by atoms with Gasteiger partial charge in [-0.3, -0.25) is 0 Å². The van der Waals surface area contributed by atoms with Crippen LogP contribution in [-0.4, -0.2) is 26.7 Å². The number of aliphatic hydroxyl groups excluding tert-OH is 1. The van der Waals surface area contributed by atoms with Crippen molar-refractivity contribution in [3.63, 3.8) is 0 Å². The minimum atomic E-state index is -4.10. The van der Waals surface area contributed by atoms with E-state index in [1.807, 2.05) is 0 Å². The summed E-state index contributed by atoms with van der Waals surface area (Å²) in [6, 6.07) is 1.67. The van der Waals surface area contributed by atoms with Gasteiger partial charge < -0.3 is 10.8 Å². The molecule has 0 spiro atoms. The van der Waals surface area contributed by atoms with E-state index in [4.69, 9.17) is 5.73 Å². The van der Waals surface area contributed by atoms with Crippen molar-refractivity contribution in [2.75, 3.05) is 18.9 Å². The molecule has 118 valence electrons. The molecule has 1 aromatic carbocycles. The van der Waals surface area contributed by atoms with Gasteiger partial charge >= 0.3 is 0 Å². The molecular weight excluding hydrogens is 302 g/mol. The fourth-order valence-electron chi connectivity index (χ4n) is 2.67. The summed E-state index contributed by atoms with van der Waals surface area (Å²) in [6.45, 7) is 0.120. The Balaban J connectivity index is 2.14. The van der Waals surface area contributed by atoms with Gasteiger partial charge in [0.1, 0.15) is 16.4 Å². The van der Waals surface area contributed by atoms with Crippen LogP contribution in [0, 0.1) is 23.5 Å². The molecule has 0 aliphatic heterocycles. The van der Waals surface area contributed by atoms with Crippen LogP contribution >= 0.6 is 0 Å². The maximum Gasteiger partial charge on any atom is 0.243 e. The van der Waals surface area contributed by atoms with Crippen molar-refractivity contribution in [1.29, 1.82) is 0 Å². The van der Waals surface area contributed by atoms with E-state index in [2.05, 4.69) is 4.72 Å². The van der Waals surface area contributed by atoms with Crippen molar-refractivity contribution in [2.45, 2.75) is 24.2 Å². The van der Waals surface area contributed by atoms with E-state index < -0.39 is 32.2 Å². The Morgan fingerprint density at radius 3 is 2.62 bits per heavy atom. The predicted octanol–water partition coefficient (Wildman–Crippen LogP) is 1.23. The topological polar surface area (TPSA) is 92.4 Å². The van der Waals surface area contributed by atoms with E-state index in [0.717, 1.165) is 31.4 Å². The second-order valence-electron chi connectivity index (χ2n) is 5.26. The SMILES string of the molecule is Nc1c(F)ccc(S(=O)(=O)NCC2CCCC2CO)c1F. The first-order valence-electron chi connectivity index (χ1n) is 6.71. The van der Waals surface area contributed by atoms with Gasteiger partial charge in [0.15, 0.2) is 5.82 Å². The fourth-order valence-corrected chi connectivity index (χ4v) is 3.86. The zero-order valence-electron chi connectivity index (χ0n) is 11.4. The van der Waals surface area contributed by atoms with Crippen molar-refractivity contribution >= 4 is 15.7 Å². The summed E-state index contributed by atoms with van der Waals surface area (Å²) < 4.78 is 53.3. The highest BCUT2D eigenvalue weighted by molar-refractivity contribution is 7.89. The van der Waals surface area contributed by atoms with E-state index in [1.54, 1.807) is 0 Å². The molecule has 1 saturated carbocycles. The monoisotopic (exact) mass is 320 g/mol. The van der Waals surface area contributed by atoms with E-state index in [-0.39, 0.29) is 25.0 Å². The molecule has 0 bridgehead atoms. The molecule has 8 heteroatoms. The summed E-state index contributed by atoms with van der Waals surface area (Å²) in [5.74, 6) is -2.21. The average molecular weight is 320 g/mol. The molecule has 5 nitrogen and oxygen atoms in total. The maximum atomic E-state index is 13.8. The third kappa shape index (κ3) is 3.33. The quantitative estimate of drug-likeness (QED) is 0.712. The molecule has 2 unspecified atom stereocenters. The summed E-state index contributed by atoms with van der Waals surface area (Å²) >= 11 is 0. The number of hydrogen-bond acceptors (Lipinski definition) is 4. The zero-order chi connectivity index (χ0) is 15.6. The lowest BCUT2D eigenvalue weighted by Gasteiger charge is -2.18. The molecule has 0 amide bonds. The van der Waals surface area contributed by atoms with Crippen LogP contribution in [0.3, 0.4) is 0 Å². The first kappa shape index (κ1) is 16.1. The number of aliphatic hydroxyl groups is 1. The second kappa shape index (κ2) is 6.25. The highest BCUT2D eigenvalue weighted by atomic mass is 32.2. The third-order valence-electron chi connectivity index (χ3n) is 3.97. The van der Waals surface area contributed by atoms with Crippen LogP contribution in [0.2, 0.25) is 0 Å². The smallest absolute Gasteiger partial charge is 0.243 e. The Morgan fingerprint density at radius 1 is 1.29 bits per heavy atom. The average Bonchev–Trinajstić information content (AvgIpc) is 2.90. The maximum absolute atomic E-state index is 13.8. The van der Waals surface area contributed by atoms with Crippen molar-refractivity contribution in [1.82, 2.24) is 4.72 Å². The van der Waals surface area contributed by atoms with Gasteiger partial charge in [-0.2, -0.15) is 0 Å². The molecule has 1 aliphatic rings. The molecule has 0 saturated heterocycles. The highest BCUT2D eigenvalue weighted by Crippen LogP contribution is 2.31. The number of nitrogens with one attached hydrogen (secondary N) is 1. The number of anilines is 1. The minimum Gasteiger partial charge on any atom is -0.396 e. The van der Waals surface area contributed by atoms with Crippen molar-refractivity contribution in [3.8, 4) is 0 Å². The molecule has 0 radical (unpaired) electrons. The van der Waals surface area contributed by atoms with Gasteiger partial charge in [-0.1, -0.05) is 6.42 Å². The lowest BCUT2D eigenvalue weighted by Crippen LogP contribution is -2.32. The minimum absolute atomic E-state index is 0.00422. The summed E-state index contributed by atoms with van der Waals surface area (Å²) in [5.41, 5.74) is 4.35. The first-order chi connectivity index (χ1) is 9.86. The van der Waals surface area contributed by atoms with Gasteiger partial charge in [0.2, 0.25) is 10.0 Å². The van der Waals surface area contributed by atoms with Gasteiger partial charge in [0.05, 0.1) is 0 Å². The zero-order valence-corrected chi connectivity index (χ0v) is 12.2. The van der Waals surface area contributed by atoms with Crippen molar-refractivity contribution in [2.24, 2.45) is 11.8 Å². The van der Waals surface area contributed by atoms with Crippen LogP contribution in [0.25, 0.3) is 0 Å². The Kier molecular flexibility index (Phi) is 4.80. The Hall–Kier alpha value is -1.25. The van der Waals surface area contributed by atoms with Gasteiger partial charge in [0, 0.05) is 13.2 Å². The van der Waals surface area contributed by atoms with E-state index in [9.17, 15) is 22.3 Å². The van der Waals surface area contributed by atoms with Crippen LogP contribution in [0.5, 0.6) is 0 Å². The molecule has 1 aromatic rings. The Labute approximate surface area is 122 Å². The highest BCUT2D eigenvalue weighted by Gasteiger charge is 2.29. The number of rotatable bonds is 5. The van der Waals surface area contributed by atoms with Crippen LogP contribution in [0.1, 0.15) is 19.3 Å². The van der Waals surface area contributed by atoms with Gasteiger partial charge in [-0.25, -0.2) is 21.9 Å². The molecular formula is C13H18F2N2O3S. The molecule has 1 fully saturated rings. The molecule has 1 aliphatic carbocycles. The molecule has 4 N–H and O–H groups in total. The van der Waals surface area contributed by atoms with Crippen molar-refractivity contribution < 1.29 is 22.3 Å². The van der Waals surface area contributed by atoms with E-state index >= 15 is 0 Å². The van der Waals surface area contributed by atoms with E-state index in [0.29, 0.717) is 0 Å². The predicted molar refractivity (Wildman–Crippen MR) is 73.9 cm³/mol. The fraction of sp³-hybridized carbons (Fsp3) is 0.538.